The molecule has 1 aliphatic rings. The Morgan fingerprint density at radius 2 is 2.08 bits per heavy atom. The molecule has 2 amide bonds. The summed E-state index contributed by atoms with van der Waals surface area (Å²) >= 11 is 0. The molecule has 8 heteroatoms. The third-order valence-corrected chi connectivity index (χ3v) is 5.16. The molecule has 25 heavy (non-hydrogen) atoms. The van der Waals surface area contributed by atoms with Gasteiger partial charge in [0.25, 0.3) is 5.91 Å². The number of carbonyl (C=O) groups excluding carboxylic acids is 2. The van der Waals surface area contributed by atoms with Crippen molar-refractivity contribution in [2.75, 3.05) is 34.7 Å². The van der Waals surface area contributed by atoms with Gasteiger partial charge in [-0.25, -0.2) is 4.68 Å². The predicted molar refractivity (Wildman–Crippen MR) is 95.1 cm³/mol. The summed E-state index contributed by atoms with van der Waals surface area (Å²) in [5.41, 5.74) is 0.230. The van der Waals surface area contributed by atoms with Gasteiger partial charge in [-0.3, -0.25) is 9.59 Å². The van der Waals surface area contributed by atoms with E-state index in [1.54, 1.807) is 14.1 Å². The second-order valence-corrected chi connectivity index (χ2v) is 7.59. The van der Waals surface area contributed by atoms with Crippen LogP contribution in [0, 0.1) is 5.92 Å². The Morgan fingerprint density at radius 1 is 1.36 bits per heavy atom. The first-order chi connectivity index (χ1) is 11.7. The van der Waals surface area contributed by atoms with Crippen molar-refractivity contribution in [3.05, 3.63) is 11.9 Å². The van der Waals surface area contributed by atoms with Gasteiger partial charge in [0.15, 0.2) is 5.69 Å². The average Bonchev–Trinajstić information content (AvgIpc) is 3.01. The van der Waals surface area contributed by atoms with Gasteiger partial charge < -0.3 is 15.1 Å². The van der Waals surface area contributed by atoms with Gasteiger partial charge in [-0.15, -0.1) is 5.10 Å². The second-order valence-electron chi connectivity index (χ2n) is 7.59. The molecule has 2 atom stereocenters. The number of likely N-dealkylation sites (N-methyl/N-ethyl adjacent to an activating group) is 2. The van der Waals surface area contributed by atoms with Gasteiger partial charge in [-0.05, 0) is 32.9 Å². The number of nitrogens with zero attached hydrogens (tertiary/aromatic N) is 5. The van der Waals surface area contributed by atoms with Crippen molar-refractivity contribution >= 4 is 11.8 Å². The van der Waals surface area contributed by atoms with Crippen LogP contribution in [0.1, 0.15) is 43.1 Å². The minimum Gasteiger partial charge on any atom is -0.349 e. The molecule has 0 aliphatic heterocycles. The van der Waals surface area contributed by atoms with E-state index in [4.69, 9.17) is 0 Å². The van der Waals surface area contributed by atoms with Gasteiger partial charge in [-0.2, -0.15) is 0 Å². The monoisotopic (exact) mass is 350 g/mol. The molecule has 140 valence electrons. The third-order valence-electron chi connectivity index (χ3n) is 5.16. The number of hydrogen-bond acceptors (Lipinski definition) is 5. The minimum absolute atomic E-state index is 0.00971. The fourth-order valence-electron chi connectivity index (χ4n) is 3.45. The van der Waals surface area contributed by atoms with Gasteiger partial charge in [0, 0.05) is 26.2 Å². The van der Waals surface area contributed by atoms with E-state index in [1.165, 1.54) is 28.6 Å². The first kappa shape index (κ1) is 19.4. The Bertz CT molecular complexity index is 612. The molecule has 0 spiro atoms. The maximum Gasteiger partial charge on any atom is 0.273 e. The highest BCUT2D eigenvalue weighted by molar-refractivity contribution is 5.92. The van der Waals surface area contributed by atoms with Crippen LogP contribution in [0.5, 0.6) is 0 Å². The fraction of sp³-hybridized carbons (Fsp3) is 0.765. The minimum atomic E-state index is -0.247. The van der Waals surface area contributed by atoms with E-state index in [2.05, 4.69) is 41.5 Å². The van der Waals surface area contributed by atoms with Gasteiger partial charge in [0.2, 0.25) is 5.91 Å². The lowest BCUT2D eigenvalue weighted by Gasteiger charge is -2.45. The van der Waals surface area contributed by atoms with Gasteiger partial charge in [-0.1, -0.05) is 25.0 Å². The molecule has 1 aromatic heterocycles. The van der Waals surface area contributed by atoms with Crippen LogP contribution in [0.2, 0.25) is 0 Å². The molecule has 0 unspecified atom stereocenters. The van der Waals surface area contributed by atoms with Gasteiger partial charge in [0.05, 0.1) is 6.20 Å². The Hall–Kier alpha value is -1.96. The van der Waals surface area contributed by atoms with Crippen molar-refractivity contribution in [2.24, 2.45) is 5.92 Å². The van der Waals surface area contributed by atoms with Crippen LogP contribution < -0.4 is 5.32 Å². The number of hydrogen-bond donors (Lipinski definition) is 1. The van der Waals surface area contributed by atoms with Crippen molar-refractivity contribution in [1.82, 2.24) is 30.1 Å². The van der Waals surface area contributed by atoms with Crippen molar-refractivity contribution in [1.29, 1.82) is 0 Å². The molecular formula is C17H30N6O2. The molecule has 0 radical (unpaired) electrons. The van der Waals surface area contributed by atoms with Crippen molar-refractivity contribution in [3.8, 4) is 0 Å². The number of aromatic nitrogens is 3. The summed E-state index contributed by atoms with van der Waals surface area (Å²) < 4.78 is 1.39. The molecule has 0 aromatic carbocycles. The van der Waals surface area contributed by atoms with E-state index in [-0.39, 0.29) is 29.6 Å². The van der Waals surface area contributed by atoms with Gasteiger partial charge in [0.1, 0.15) is 6.54 Å². The molecule has 0 bridgehead atoms. The molecule has 1 fully saturated rings. The number of nitrogens with one attached hydrogen (secondary N) is 1. The van der Waals surface area contributed by atoms with Crippen LogP contribution >= 0.6 is 0 Å². The molecule has 1 heterocycles. The standard InChI is InChI=1S/C17H30N6O2/c1-13-7-6-8-17(9-13,22(4)5)12-18-16(25)14-10-23(20-19-14)11-15(24)21(2)3/h10,13H,6-9,11-12H2,1-5H3,(H,18,25)/t13-,17-/m1/s1. The first-order valence-electron chi connectivity index (χ1n) is 8.79. The van der Waals surface area contributed by atoms with Crippen LogP contribution in [-0.2, 0) is 11.3 Å². The van der Waals surface area contributed by atoms with E-state index in [0.29, 0.717) is 12.5 Å². The number of amides is 2. The predicted octanol–water partition coefficient (Wildman–Crippen LogP) is 0.607. The normalized spacial score (nSPS) is 23.5. The highest BCUT2D eigenvalue weighted by Gasteiger charge is 2.37. The maximum atomic E-state index is 12.4. The Labute approximate surface area is 149 Å². The van der Waals surface area contributed by atoms with Crippen molar-refractivity contribution in [2.45, 2.75) is 44.7 Å². The summed E-state index contributed by atoms with van der Waals surface area (Å²) in [5.74, 6) is 0.314. The Morgan fingerprint density at radius 3 is 2.68 bits per heavy atom. The fourth-order valence-corrected chi connectivity index (χ4v) is 3.45. The molecule has 2 rings (SSSR count). The zero-order valence-corrected chi connectivity index (χ0v) is 15.9. The lowest BCUT2D eigenvalue weighted by atomic mass is 9.75. The summed E-state index contributed by atoms with van der Waals surface area (Å²) in [6.07, 6.45) is 6.09. The lowest BCUT2D eigenvalue weighted by molar-refractivity contribution is -0.129. The maximum absolute atomic E-state index is 12.4. The topological polar surface area (TPSA) is 83.4 Å². The molecule has 1 aromatic rings. The van der Waals surface area contributed by atoms with Crippen molar-refractivity contribution in [3.63, 3.8) is 0 Å². The summed E-state index contributed by atoms with van der Waals surface area (Å²) in [4.78, 5) is 27.8. The molecule has 1 saturated carbocycles. The summed E-state index contributed by atoms with van der Waals surface area (Å²) in [7, 11) is 7.51. The molecule has 1 N–H and O–H groups in total. The highest BCUT2D eigenvalue weighted by Crippen LogP contribution is 2.35. The SMILES string of the molecule is C[C@@H]1CCC[C@@](CNC(=O)c2cn(CC(=O)N(C)C)nn2)(N(C)C)C1. The Balaban J connectivity index is 1.97. The highest BCUT2D eigenvalue weighted by atomic mass is 16.2. The summed E-state index contributed by atoms with van der Waals surface area (Å²) in [6.45, 7) is 2.94. The average molecular weight is 350 g/mol. The second kappa shape index (κ2) is 7.95. The zero-order chi connectivity index (χ0) is 18.6. The molecule has 8 nitrogen and oxygen atoms in total. The van der Waals surface area contributed by atoms with Gasteiger partial charge >= 0.3 is 0 Å². The zero-order valence-electron chi connectivity index (χ0n) is 15.9. The number of rotatable bonds is 6. The molecular weight excluding hydrogens is 320 g/mol. The van der Waals surface area contributed by atoms with Crippen LogP contribution in [0.15, 0.2) is 6.20 Å². The first-order valence-corrected chi connectivity index (χ1v) is 8.79. The lowest BCUT2D eigenvalue weighted by Crippen LogP contribution is -2.55. The van der Waals surface area contributed by atoms with E-state index < -0.39 is 0 Å². The Kier molecular flexibility index (Phi) is 6.16. The van der Waals surface area contributed by atoms with E-state index in [9.17, 15) is 9.59 Å². The smallest absolute Gasteiger partial charge is 0.273 e. The van der Waals surface area contributed by atoms with Crippen LogP contribution in [0.3, 0.4) is 0 Å². The molecule has 1 aliphatic carbocycles. The summed E-state index contributed by atoms with van der Waals surface area (Å²) in [6, 6.07) is 0. The summed E-state index contributed by atoms with van der Waals surface area (Å²) in [5, 5.41) is 10.8. The van der Waals surface area contributed by atoms with Crippen LogP contribution in [-0.4, -0.2) is 76.9 Å². The van der Waals surface area contributed by atoms with Crippen LogP contribution in [0.25, 0.3) is 0 Å². The quantitative estimate of drug-likeness (QED) is 0.813. The van der Waals surface area contributed by atoms with E-state index in [1.807, 2.05) is 0 Å². The number of carbonyl (C=O) groups is 2. The van der Waals surface area contributed by atoms with E-state index in [0.717, 1.165) is 12.8 Å². The van der Waals surface area contributed by atoms with E-state index >= 15 is 0 Å². The largest absolute Gasteiger partial charge is 0.349 e. The molecule has 0 saturated heterocycles. The third kappa shape index (κ3) is 4.78. The van der Waals surface area contributed by atoms with Crippen LogP contribution in [0.4, 0.5) is 0 Å². The van der Waals surface area contributed by atoms with Crippen molar-refractivity contribution < 1.29 is 9.59 Å².